The van der Waals surface area contributed by atoms with Gasteiger partial charge in [0.1, 0.15) is 0 Å². The van der Waals surface area contributed by atoms with Crippen molar-refractivity contribution >= 4 is 18.0 Å². The van der Waals surface area contributed by atoms with E-state index in [9.17, 15) is 14.4 Å². The van der Waals surface area contributed by atoms with Crippen LogP contribution < -0.4 is 0 Å². The van der Waals surface area contributed by atoms with Crippen LogP contribution in [-0.4, -0.2) is 39.2 Å². The summed E-state index contributed by atoms with van der Waals surface area (Å²) in [4.78, 5) is 44.8. The molecule has 0 atom stereocenters. The van der Waals surface area contributed by atoms with E-state index in [1.807, 2.05) is 27.7 Å². The number of hydrogen-bond donors (Lipinski definition) is 0. The van der Waals surface area contributed by atoms with Crippen LogP contribution in [0.1, 0.15) is 59.8 Å². The molecule has 7 heteroatoms. The molecule has 0 aromatic rings. The van der Waals surface area contributed by atoms with E-state index in [-0.39, 0.29) is 23.9 Å². The van der Waals surface area contributed by atoms with Gasteiger partial charge in [0.2, 0.25) is 0 Å². The van der Waals surface area contributed by atoms with Crippen LogP contribution in [0, 0.1) is 0 Å². The van der Waals surface area contributed by atoms with Crippen molar-refractivity contribution in [3.05, 3.63) is 0 Å². The minimum Gasteiger partial charge on any atom is -0.333 e. The molecule has 2 fully saturated rings. The number of amides is 2. The SMILES string of the molecule is CC1(C)CCCC(C)(C)N1OC(=O)ON1C(=O)CCC1=O. The maximum Gasteiger partial charge on any atom is 0.553 e. The summed E-state index contributed by atoms with van der Waals surface area (Å²) >= 11 is 0. The smallest absolute Gasteiger partial charge is 0.333 e. The fraction of sp³-hybridized carbons (Fsp3) is 0.786. The summed E-state index contributed by atoms with van der Waals surface area (Å²) < 4.78 is 0. The number of rotatable bonds is 2. The van der Waals surface area contributed by atoms with Crippen LogP contribution in [0.2, 0.25) is 0 Å². The third kappa shape index (κ3) is 3.18. The van der Waals surface area contributed by atoms with E-state index in [2.05, 4.69) is 0 Å². The van der Waals surface area contributed by atoms with Gasteiger partial charge in [0, 0.05) is 12.8 Å². The quantitative estimate of drug-likeness (QED) is 0.727. The molecule has 0 radical (unpaired) electrons. The van der Waals surface area contributed by atoms with Gasteiger partial charge >= 0.3 is 6.16 Å². The van der Waals surface area contributed by atoms with E-state index in [0.717, 1.165) is 19.3 Å². The van der Waals surface area contributed by atoms with Crippen molar-refractivity contribution in [3.63, 3.8) is 0 Å². The van der Waals surface area contributed by atoms with Crippen molar-refractivity contribution in [2.75, 3.05) is 0 Å². The molecule has 2 aliphatic rings. The maximum absolute atomic E-state index is 11.9. The second-order valence-electron chi connectivity index (χ2n) is 6.79. The van der Waals surface area contributed by atoms with Crippen molar-refractivity contribution in [1.82, 2.24) is 10.1 Å². The first-order valence-corrected chi connectivity index (χ1v) is 7.19. The second kappa shape index (κ2) is 5.29. The summed E-state index contributed by atoms with van der Waals surface area (Å²) in [5, 5.41) is 2.10. The van der Waals surface area contributed by atoms with Crippen LogP contribution in [0.25, 0.3) is 0 Å². The van der Waals surface area contributed by atoms with Gasteiger partial charge in [0.25, 0.3) is 11.8 Å². The van der Waals surface area contributed by atoms with Gasteiger partial charge in [-0.25, -0.2) is 0 Å². The van der Waals surface area contributed by atoms with E-state index in [1.54, 1.807) is 5.06 Å². The van der Waals surface area contributed by atoms with Crippen molar-refractivity contribution in [1.29, 1.82) is 0 Å². The van der Waals surface area contributed by atoms with Crippen LogP contribution in [-0.2, 0) is 19.3 Å². The first-order valence-electron chi connectivity index (χ1n) is 7.19. The van der Waals surface area contributed by atoms with Gasteiger partial charge in [0.05, 0.1) is 11.1 Å². The zero-order valence-corrected chi connectivity index (χ0v) is 13.0. The molecule has 0 N–H and O–H groups in total. The van der Waals surface area contributed by atoms with Crippen molar-refractivity contribution in [2.24, 2.45) is 0 Å². The van der Waals surface area contributed by atoms with Crippen LogP contribution in [0.5, 0.6) is 0 Å². The summed E-state index contributed by atoms with van der Waals surface area (Å²) in [6, 6.07) is 0. The molecule has 7 nitrogen and oxygen atoms in total. The Morgan fingerprint density at radius 1 is 0.952 bits per heavy atom. The molecule has 2 heterocycles. The van der Waals surface area contributed by atoms with E-state index in [0.29, 0.717) is 5.06 Å². The molecule has 0 aromatic carbocycles. The van der Waals surface area contributed by atoms with E-state index < -0.39 is 18.0 Å². The average Bonchev–Trinajstić information content (AvgIpc) is 2.65. The average molecular weight is 298 g/mol. The Morgan fingerprint density at radius 2 is 1.43 bits per heavy atom. The highest BCUT2D eigenvalue weighted by molar-refractivity contribution is 6.01. The summed E-state index contributed by atoms with van der Waals surface area (Å²) in [5.41, 5.74) is -0.667. The van der Waals surface area contributed by atoms with Gasteiger partial charge in [0.15, 0.2) is 0 Å². The largest absolute Gasteiger partial charge is 0.553 e. The molecule has 118 valence electrons. The molecule has 0 unspecified atom stereocenters. The van der Waals surface area contributed by atoms with Crippen LogP contribution in [0.4, 0.5) is 4.79 Å². The molecule has 0 aliphatic carbocycles. The summed E-state index contributed by atoms with van der Waals surface area (Å²) in [7, 11) is 0. The number of piperidine rings is 1. The fourth-order valence-corrected chi connectivity index (χ4v) is 3.05. The van der Waals surface area contributed by atoms with E-state index >= 15 is 0 Å². The van der Waals surface area contributed by atoms with Crippen LogP contribution >= 0.6 is 0 Å². The number of hydrogen-bond acceptors (Lipinski definition) is 6. The molecule has 0 aromatic heterocycles. The van der Waals surface area contributed by atoms with Crippen molar-refractivity contribution in [3.8, 4) is 0 Å². The molecule has 0 saturated carbocycles. The first-order chi connectivity index (χ1) is 9.63. The predicted molar refractivity (Wildman–Crippen MR) is 72.5 cm³/mol. The van der Waals surface area contributed by atoms with E-state index in [4.69, 9.17) is 9.68 Å². The topological polar surface area (TPSA) is 76.2 Å². The normalized spacial score (nSPS) is 25.0. The molecule has 21 heavy (non-hydrogen) atoms. The lowest BCUT2D eigenvalue weighted by atomic mass is 9.82. The van der Waals surface area contributed by atoms with Gasteiger partial charge in [-0.05, 0) is 47.0 Å². The summed E-state index contributed by atoms with van der Waals surface area (Å²) in [6.07, 6.45) is 1.87. The maximum atomic E-state index is 11.9. The highest BCUT2D eigenvalue weighted by atomic mass is 16.9. The van der Waals surface area contributed by atoms with Gasteiger partial charge in [-0.3, -0.25) is 14.4 Å². The van der Waals surface area contributed by atoms with Gasteiger partial charge in [-0.1, -0.05) is 5.06 Å². The highest BCUT2D eigenvalue weighted by Gasteiger charge is 2.45. The molecule has 0 spiro atoms. The van der Waals surface area contributed by atoms with Gasteiger partial charge in [-0.15, -0.1) is 5.06 Å². The monoisotopic (exact) mass is 298 g/mol. The minimum absolute atomic E-state index is 0.0623. The summed E-state index contributed by atoms with van der Waals surface area (Å²) in [5.74, 6) is -1.04. The van der Waals surface area contributed by atoms with E-state index in [1.165, 1.54) is 0 Å². The number of nitrogens with zero attached hydrogens (tertiary/aromatic N) is 2. The minimum atomic E-state index is -1.05. The zero-order chi connectivity index (χ0) is 15.8. The Hall–Kier alpha value is -1.63. The molecule has 2 rings (SSSR count). The Balaban J connectivity index is 2.03. The fourth-order valence-electron chi connectivity index (χ4n) is 3.05. The van der Waals surface area contributed by atoms with Gasteiger partial charge in [-0.2, -0.15) is 4.79 Å². The summed E-state index contributed by atoms with van der Waals surface area (Å²) in [6.45, 7) is 7.92. The lowest BCUT2D eigenvalue weighted by Gasteiger charge is -2.49. The highest BCUT2D eigenvalue weighted by Crippen LogP contribution is 2.38. The Morgan fingerprint density at radius 3 is 1.90 bits per heavy atom. The molecule has 2 amide bonds. The molecular formula is C14H22N2O5. The number of carbonyl (C=O) groups excluding carboxylic acids is 3. The number of hydroxylamine groups is 4. The molecule has 2 aliphatic heterocycles. The first kappa shape index (κ1) is 15.8. The predicted octanol–water partition coefficient (Wildman–Crippen LogP) is 2.16. The Labute approximate surface area is 124 Å². The lowest BCUT2D eigenvalue weighted by Crippen LogP contribution is -2.59. The third-order valence-corrected chi connectivity index (χ3v) is 4.01. The van der Waals surface area contributed by atoms with Crippen molar-refractivity contribution in [2.45, 2.75) is 70.9 Å². The third-order valence-electron chi connectivity index (χ3n) is 4.01. The molecule has 2 saturated heterocycles. The standard InChI is InChI=1S/C14H22N2O5/c1-13(2)8-5-9-14(3,4)16(13)21-12(19)20-15-10(17)6-7-11(15)18/h5-9H2,1-4H3. The number of imide groups is 1. The zero-order valence-electron chi connectivity index (χ0n) is 13.0. The Bertz CT molecular complexity index is 440. The van der Waals surface area contributed by atoms with Crippen molar-refractivity contribution < 1.29 is 24.1 Å². The lowest BCUT2D eigenvalue weighted by molar-refractivity contribution is -0.264. The van der Waals surface area contributed by atoms with Crippen LogP contribution in [0.15, 0.2) is 0 Å². The molecule has 0 bridgehead atoms. The second-order valence-corrected chi connectivity index (χ2v) is 6.79. The molecular weight excluding hydrogens is 276 g/mol. The number of carbonyl (C=O) groups is 3. The van der Waals surface area contributed by atoms with Crippen LogP contribution in [0.3, 0.4) is 0 Å². The van der Waals surface area contributed by atoms with Gasteiger partial charge < -0.3 is 4.84 Å². The Kier molecular flexibility index (Phi) is 3.97.